The van der Waals surface area contributed by atoms with Gasteiger partial charge >= 0.3 is 5.97 Å². The predicted octanol–water partition coefficient (Wildman–Crippen LogP) is 0.775. The van der Waals surface area contributed by atoms with E-state index in [1.54, 1.807) is 13.8 Å². The van der Waals surface area contributed by atoms with Gasteiger partial charge in [0.25, 0.3) is 0 Å². The fraction of sp³-hybridized carbons (Fsp3) is 0.625. The van der Waals surface area contributed by atoms with E-state index in [0.717, 1.165) is 0 Å². The van der Waals surface area contributed by atoms with Gasteiger partial charge in [-0.2, -0.15) is 0 Å². The lowest BCUT2D eigenvalue weighted by atomic mass is 10.4. The van der Waals surface area contributed by atoms with Crippen molar-refractivity contribution >= 4 is 5.97 Å². The summed E-state index contributed by atoms with van der Waals surface area (Å²) < 4.78 is 9.76. The number of allylic oxidation sites excluding steroid dienone is 1. The van der Waals surface area contributed by atoms with Gasteiger partial charge in [0.15, 0.2) is 6.29 Å². The van der Waals surface area contributed by atoms with Gasteiger partial charge in [-0.15, -0.1) is 0 Å². The molecular weight excluding hydrogens is 158 g/mol. The lowest BCUT2D eigenvalue weighted by molar-refractivity contribution is -0.167. The van der Waals surface area contributed by atoms with E-state index in [0.29, 0.717) is 12.3 Å². The zero-order valence-electron chi connectivity index (χ0n) is 7.66. The number of rotatable bonds is 4. The van der Waals surface area contributed by atoms with E-state index in [4.69, 9.17) is 15.2 Å². The van der Waals surface area contributed by atoms with Crippen molar-refractivity contribution in [3.63, 3.8) is 0 Å². The van der Waals surface area contributed by atoms with Crippen molar-refractivity contribution in [2.45, 2.75) is 27.1 Å². The fourth-order valence-corrected chi connectivity index (χ4v) is 0.652. The lowest BCUT2D eigenvalue weighted by Gasteiger charge is -2.10. The Labute approximate surface area is 72.3 Å². The molecule has 4 nitrogen and oxygen atoms in total. The summed E-state index contributed by atoms with van der Waals surface area (Å²) in [5.74, 6) is -0.476. The summed E-state index contributed by atoms with van der Waals surface area (Å²) in [6.07, 6.45) is 0.702. The maximum absolute atomic E-state index is 10.9. The Balaban J connectivity index is 3.77. The largest absolute Gasteiger partial charge is 0.433 e. The van der Waals surface area contributed by atoms with Crippen molar-refractivity contribution in [3.05, 3.63) is 11.8 Å². The summed E-state index contributed by atoms with van der Waals surface area (Å²) in [6.45, 7) is 5.61. The van der Waals surface area contributed by atoms with Crippen LogP contribution in [0.1, 0.15) is 20.8 Å². The minimum atomic E-state index is -0.516. The Bertz CT molecular complexity index is 173. The second-order valence-electron chi connectivity index (χ2n) is 2.35. The van der Waals surface area contributed by atoms with E-state index >= 15 is 0 Å². The molecule has 0 aliphatic rings. The molecule has 0 saturated heterocycles. The third-order valence-corrected chi connectivity index (χ3v) is 1.03. The first kappa shape index (κ1) is 11.0. The summed E-state index contributed by atoms with van der Waals surface area (Å²) in [5.41, 5.74) is 5.68. The van der Waals surface area contributed by atoms with E-state index < -0.39 is 12.3 Å². The van der Waals surface area contributed by atoms with Gasteiger partial charge in [-0.1, -0.05) is 0 Å². The van der Waals surface area contributed by atoms with Crippen LogP contribution in [0.25, 0.3) is 0 Å². The number of carbonyl (C=O) groups excluding carboxylic acids is 1. The van der Waals surface area contributed by atoms with Gasteiger partial charge in [-0.05, 0) is 20.8 Å². The predicted molar refractivity (Wildman–Crippen MR) is 45.1 cm³/mol. The maximum atomic E-state index is 10.9. The first-order chi connectivity index (χ1) is 5.56. The molecule has 0 aliphatic carbocycles. The number of esters is 1. The first-order valence-electron chi connectivity index (χ1n) is 3.82. The first-order valence-corrected chi connectivity index (χ1v) is 3.82. The van der Waals surface area contributed by atoms with E-state index in [1.165, 1.54) is 6.08 Å². The highest BCUT2D eigenvalue weighted by Gasteiger charge is 2.05. The Hall–Kier alpha value is -1.03. The van der Waals surface area contributed by atoms with Crippen LogP contribution in [0.3, 0.4) is 0 Å². The van der Waals surface area contributed by atoms with Gasteiger partial charge in [0.2, 0.25) is 0 Å². The summed E-state index contributed by atoms with van der Waals surface area (Å²) in [4.78, 5) is 10.9. The van der Waals surface area contributed by atoms with Crippen molar-refractivity contribution in [1.82, 2.24) is 0 Å². The summed E-state index contributed by atoms with van der Waals surface area (Å²) in [5, 5.41) is 0. The van der Waals surface area contributed by atoms with Gasteiger partial charge in [-0.25, -0.2) is 4.79 Å². The molecule has 0 fully saturated rings. The Morgan fingerprint density at radius 3 is 2.67 bits per heavy atom. The molecular formula is C8H15NO3. The lowest BCUT2D eigenvalue weighted by Crippen LogP contribution is -2.17. The van der Waals surface area contributed by atoms with Gasteiger partial charge in [-0.3, -0.25) is 0 Å². The average molecular weight is 173 g/mol. The van der Waals surface area contributed by atoms with E-state index in [2.05, 4.69) is 0 Å². The van der Waals surface area contributed by atoms with Gasteiger partial charge in [0.05, 0.1) is 0 Å². The monoisotopic (exact) mass is 173 g/mol. The standard InChI is InChI=1S/C8H15NO3/c1-4-11-7(3)12-8(10)5-6(2)9/h5,7H,4,9H2,1-3H3. The molecule has 2 N–H and O–H groups in total. The van der Waals surface area contributed by atoms with Crippen molar-refractivity contribution in [2.75, 3.05) is 6.61 Å². The van der Waals surface area contributed by atoms with E-state index in [-0.39, 0.29) is 0 Å². The van der Waals surface area contributed by atoms with Crippen LogP contribution in [-0.2, 0) is 14.3 Å². The summed E-state index contributed by atoms with van der Waals surface area (Å²) in [7, 11) is 0. The highest BCUT2D eigenvalue weighted by molar-refractivity contribution is 5.82. The Morgan fingerprint density at radius 1 is 1.67 bits per heavy atom. The van der Waals surface area contributed by atoms with Crippen LogP contribution in [0, 0.1) is 0 Å². The molecule has 0 aromatic heterocycles. The summed E-state index contributed by atoms with van der Waals surface area (Å²) in [6, 6.07) is 0. The van der Waals surface area contributed by atoms with Gasteiger partial charge in [0, 0.05) is 18.4 Å². The molecule has 0 aromatic rings. The third-order valence-electron chi connectivity index (χ3n) is 1.03. The summed E-state index contributed by atoms with van der Waals surface area (Å²) >= 11 is 0. The van der Waals surface area contributed by atoms with Crippen LogP contribution in [0.2, 0.25) is 0 Å². The van der Waals surface area contributed by atoms with Crippen molar-refractivity contribution in [2.24, 2.45) is 5.73 Å². The molecule has 0 aliphatic heterocycles. The van der Waals surface area contributed by atoms with Crippen LogP contribution in [0.5, 0.6) is 0 Å². The zero-order chi connectivity index (χ0) is 9.56. The quantitative estimate of drug-likeness (QED) is 0.387. The second-order valence-corrected chi connectivity index (χ2v) is 2.35. The van der Waals surface area contributed by atoms with Crippen LogP contribution >= 0.6 is 0 Å². The molecule has 12 heavy (non-hydrogen) atoms. The molecule has 0 bridgehead atoms. The molecule has 0 rings (SSSR count). The molecule has 0 spiro atoms. The number of hydrogen-bond donors (Lipinski definition) is 1. The zero-order valence-corrected chi connectivity index (χ0v) is 7.66. The Morgan fingerprint density at radius 2 is 2.25 bits per heavy atom. The number of carbonyl (C=O) groups is 1. The van der Waals surface area contributed by atoms with Gasteiger partial charge in [0.1, 0.15) is 0 Å². The number of nitrogens with two attached hydrogens (primary N) is 1. The molecule has 0 amide bonds. The highest BCUT2D eigenvalue weighted by Crippen LogP contribution is 1.95. The SMILES string of the molecule is CCOC(C)OC(=O)C=C(C)N. The van der Waals surface area contributed by atoms with Crippen molar-refractivity contribution in [3.8, 4) is 0 Å². The van der Waals surface area contributed by atoms with Crippen LogP contribution < -0.4 is 5.73 Å². The smallest absolute Gasteiger partial charge is 0.334 e. The molecule has 70 valence electrons. The van der Waals surface area contributed by atoms with E-state index in [1.807, 2.05) is 6.92 Å². The molecule has 1 unspecified atom stereocenters. The van der Waals surface area contributed by atoms with Crippen LogP contribution in [0.15, 0.2) is 11.8 Å². The number of ether oxygens (including phenoxy) is 2. The van der Waals surface area contributed by atoms with Crippen LogP contribution in [0.4, 0.5) is 0 Å². The molecule has 4 heteroatoms. The minimum absolute atomic E-state index is 0.420. The highest BCUT2D eigenvalue weighted by atomic mass is 16.7. The molecule has 0 saturated carbocycles. The number of hydrogen-bond acceptors (Lipinski definition) is 4. The van der Waals surface area contributed by atoms with E-state index in [9.17, 15) is 4.79 Å². The van der Waals surface area contributed by atoms with Gasteiger partial charge < -0.3 is 15.2 Å². The third kappa shape index (κ3) is 5.73. The normalized spacial score (nSPS) is 14.1. The van der Waals surface area contributed by atoms with Crippen molar-refractivity contribution in [1.29, 1.82) is 0 Å². The molecule has 0 heterocycles. The molecule has 0 aromatic carbocycles. The second kappa shape index (κ2) is 5.60. The fourth-order valence-electron chi connectivity index (χ4n) is 0.652. The molecule has 1 atom stereocenters. The molecule has 0 radical (unpaired) electrons. The average Bonchev–Trinajstić information content (AvgIpc) is 1.84. The minimum Gasteiger partial charge on any atom is -0.433 e. The van der Waals surface area contributed by atoms with Crippen molar-refractivity contribution < 1.29 is 14.3 Å². The maximum Gasteiger partial charge on any atom is 0.334 e. The Kier molecular flexibility index (Phi) is 5.12. The topological polar surface area (TPSA) is 61.5 Å². The van der Waals surface area contributed by atoms with Crippen LogP contribution in [-0.4, -0.2) is 18.9 Å².